The molecule has 1 saturated heterocycles. The number of benzene rings is 1. The summed E-state index contributed by atoms with van der Waals surface area (Å²) in [5, 5.41) is 12.9. The molecule has 2 bridgehead atoms. The van der Waals surface area contributed by atoms with Gasteiger partial charge in [0.15, 0.2) is 5.16 Å². The van der Waals surface area contributed by atoms with Gasteiger partial charge in [-0.1, -0.05) is 36.4 Å². The number of morpholine rings is 1. The highest BCUT2D eigenvalue weighted by Crippen LogP contribution is 2.49. The third kappa shape index (κ3) is 4.64. The van der Waals surface area contributed by atoms with Gasteiger partial charge in [-0.3, -0.25) is 9.36 Å². The van der Waals surface area contributed by atoms with Crippen molar-refractivity contribution in [1.29, 1.82) is 0 Å². The van der Waals surface area contributed by atoms with Crippen molar-refractivity contribution in [3.05, 3.63) is 29.8 Å². The van der Waals surface area contributed by atoms with E-state index in [1.165, 1.54) is 37.4 Å². The van der Waals surface area contributed by atoms with Gasteiger partial charge in [-0.2, -0.15) is 0 Å². The zero-order chi connectivity index (χ0) is 22.9. The lowest BCUT2D eigenvalue weighted by Crippen LogP contribution is -2.43. The molecule has 7 nitrogen and oxygen atoms in total. The Labute approximate surface area is 200 Å². The molecule has 178 valence electrons. The second kappa shape index (κ2) is 9.66. The van der Waals surface area contributed by atoms with Gasteiger partial charge in [-0.05, 0) is 69.4 Å². The molecule has 3 fully saturated rings. The molecule has 1 aromatic heterocycles. The molecule has 1 N–H and O–H groups in total. The van der Waals surface area contributed by atoms with E-state index in [-0.39, 0.29) is 17.2 Å². The largest absolute Gasteiger partial charge is 0.378 e. The van der Waals surface area contributed by atoms with Gasteiger partial charge in [-0.15, -0.1) is 10.2 Å². The molecule has 2 aromatic rings. The Morgan fingerprint density at radius 3 is 2.64 bits per heavy atom. The summed E-state index contributed by atoms with van der Waals surface area (Å²) in [5.74, 6) is 3.22. The fourth-order valence-electron chi connectivity index (χ4n) is 5.90. The van der Waals surface area contributed by atoms with Crippen LogP contribution in [0.1, 0.15) is 45.1 Å². The predicted octanol–water partition coefficient (Wildman–Crippen LogP) is 3.83. The van der Waals surface area contributed by atoms with Crippen molar-refractivity contribution in [2.75, 3.05) is 31.2 Å². The van der Waals surface area contributed by atoms with E-state index in [1.54, 1.807) is 0 Å². The van der Waals surface area contributed by atoms with Crippen LogP contribution in [0.25, 0.3) is 5.69 Å². The second-order valence-corrected chi connectivity index (χ2v) is 11.2. The van der Waals surface area contributed by atoms with Gasteiger partial charge in [-0.25, -0.2) is 0 Å². The van der Waals surface area contributed by atoms with Crippen LogP contribution in [0.5, 0.6) is 0 Å². The normalized spacial score (nSPS) is 26.4. The van der Waals surface area contributed by atoms with E-state index in [9.17, 15) is 4.79 Å². The molecule has 5 rings (SSSR count). The van der Waals surface area contributed by atoms with Crippen molar-refractivity contribution in [2.24, 2.45) is 17.8 Å². The zero-order valence-electron chi connectivity index (χ0n) is 19.9. The highest BCUT2D eigenvalue weighted by Gasteiger charge is 2.42. The Morgan fingerprint density at radius 1 is 1.15 bits per heavy atom. The van der Waals surface area contributed by atoms with Crippen LogP contribution >= 0.6 is 11.8 Å². The molecule has 1 aromatic carbocycles. The number of amides is 1. The molecule has 0 unspecified atom stereocenters. The first-order valence-corrected chi connectivity index (χ1v) is 13.2. The maximum Gasteiger partial charge on any atom is 0.233 e. The van der Waals surface area contributed by atoms with E-state index in [0.717, 1.165) is 47.3 Å². The van der Waals surface area contributed by atoms with Crippen LogP contribution in [0.4, 0.5) is 5.95 Å². The number of thioether (sulfide) groups is 1. The van der Waals surface area contributed by atoms with Crippen molar-refractivity contribution >= 4 is 23.6 Å². The first-order valence-electron chi connectivity index (χ1n) is 12.3. The average molecular weight is 470 g/mol. The van der Waals surface area contributed by atoms with Gasteiger partial charge in [0, 0.05) is 19.1 Å². The van der Waals surface area contributed by atoms with E-state index >= 15 is 0 Å². The Hall–Kier alpha value is -2.06. The van der Waals surface area contributed by atoms with Crippen molar-refractivity contribution in [1.82, 2.24) is 20.1 Å². The van der Waals surface area contributed by atoms with Crippen molar-refractivity contribution in [3.63, 3.8) is 0 Å². The van der Waals surface area contributed by atoms with Crippen molar-refractivity contribution in [3.8, 4) is 5.69 Å². The third-order valence-electron chi connectivity index (χ3n) is 7.72. The fourth-order valence-corrected chi connectivity index (χ4v) is 6.76. The molecule has 2 aliphatic carbocycles. The molecule has 33 heavy (non-hydrogen) atoms. The molecule has 1 aliphatic heterocycles. The Kier molecular flexibility index (Phi) is 6.65. The molecule has 3 aliphatic rings. The van der Waals surface area contributed by atoms with E-state index in [4.69, 9.17) is 4.74 Å². The lowest BCUT2D eigenvalue weighted by molar-refractivity contribution is -0.121. The van der Waals surface area contributed by atoms with Crippen LogP contribution in [0, 0.1) is 24.7 Å². The minimum absolute atomic E-state index is 0.0857. The predicted molar refractivity (Wildman–Crippen MR) is 131 cm³/mol. The van der Waals surface area contributed by atoms with E-state index in [2.05, 4.69) is 51.0 Å². The molecule has 2 heterocycles. The van der Waals surface area contributed by atoms with Gasteiger partial charge in [0.25, 0.3) is 0 Å². The maximum absolute atomic E-state index is 13.1. The Morgan fingerprint density at radius 2 is 1.94 bits per heavy atom. The Bertz CT molecular complexity index is 989. The smallest absolute Gasteiger partial charge is 0.233 e. The summed E-state index contributed by atoms with van der Waals surface area (Å²) in [6.45, 7) is 9.19. The lowest BCUT2D eigenvalue weighted by atomic mass is 9.84. The third-order valence-corrected chi connectivity index (χ3v) is 8.77. The maximum atomic E-state index is 13.1. The molecular formula is C25H35N5O2S. The van der Waals surface area contributed by atoms with Gasteiger partial charge < -0.3 is 15.0 Å². The SMILES string of the molecule is Cc1ccccc1-n1c(S[C@H](C)C(=O)N[C@@H](C)[C@@H]2C[C@H]3CC[C@H]2C3)nnc1N1CCOCC1. The van der Waals surface area contributed by atoms with Crippen LogP contribution in [0.15, 0.2) is 29.4 Å². The van der Waals surface area contributed by atoms with E-state index in [0.29, 0.717) is 19.1 Å². The highest BCUT2D eigenvalue weighted by atomic mass is 32.2. The number of carbonyl (C=O) groups is 1. The number of nitrogens with one attached hydrogen (secondary N) is 1. The van der Waals surface area contributed by atoms with Gasteiger partial charge in [0.1, 0.15) is 0 Å². The minimum Gasteiger partial charge on any atom is -0.378 e. The summed E-state index contributed by atoms with van der Waals surface area (Å²) >= 11 is 1.49. The molecule has 8 heteroatoms. The molecule has 0 radical (unpaired) electrons. The standard InChI is InChI=1S/C25H35N5O2S/c1-16-6-4-5-7-22(16)30-24(29-10-12-32-13-11-29)27-28-25(30)33-18(3)23(31)26-17(2)21-15-19-8-9-20(21)14-19/h4-7,17-21H,8-15H2,1-3H3,(H,26,31)/t17-,18+,19-,20-,21-/m0/s1. The van der Waals surface area contributed by atoms with Crippen LogP contribution in [0.3, 0.4) is 0 Å². The Balaban J connectivity index is 1.33. The molecule has 1 amide bonds. The summed E-state index contributed by atoms with van der Waals surface area (Å²) in [6.07, 6.45) is 5.36. The number of ether oxygens (including phenoxy) is 1. The first kappa shape index (κ1) is 22.7. The van der Waals surface area contributed by atoms with Gasteiger partial charge in [0.05, 0.1) is 24.2 Å². The summed E-state index contributed by atoms with van der Waals surface area (Å²) < 4.78 is 7.64. The second-order valence-electron chi connectivity index (χ2n) is 9.90. The number of hydrogen-bond donors (Lipinski definition) is 1. The molecule has 5 atom stereocenters. The van der Waals surface area contributed by atoms with Gasteiger partial charge >= 0.3 is 0 Å². The summed E-state index contributed by atoms with van der Waals surface area (Å²) in [6, 6.07) is 8.49. The quantitative estimate of drug-likeness (QED) is 0.622. The van der Waals surface area contributed by atoms with Crippen LogP contribution in [-0.2, 0) is 9.53 Å². The van der Waals surface area contributed by atoms with E-state index < -0.39 is 0 Å². The van der Waals surface area contributed by atoms with Crippen LogP contribution in [0.2, 0.25) is 0 Å². The highest BCUT2D eigenvalue weighted by molar-refractivity contribution is 8.00. The average Bonchev–Trinajstić information content (AvgIpc) is 3.56. The summed E-state index contributed by atoms with van der Waals surface area (Å²) in [7, 11) is 0. The van der Waals surface area contributed by atoms with Crippen molar-refractivity contribution in [2.45, 2.75) is 62.9 Å². The number of nitrogens with zero attached hydrogens (tertiary/aromatic N) is 4. The topological polar surface area (TPSA) is 72.3 Å². The number of carbonyl (C=O) groups excluding carboxylic acids is 1. The number of para-hydroxylation sites is 1. The van der Waals surface area contributed by atoms with Gasteiger partial charge in [0.2, 0.25) is 11.9 Å². The molecule has 2 saturated carbocycles. The number of anilines is 1. The fraction of sp³-hybridized carbons (Fsp3) is 0.640. The van der Waals surface area contributed by atoms with E-state index in [1.807, 2.05) is 19.1 Å². The lowest BCUT2D eigenvalue weighted by Gasteiger charge is -2.29. The van der Waals surface area contributed by atoms with Crippen molar-refractivity contribution < 1.29 is 9.53 Å². The molecule has 0 spiro atoms. The molecular weight excluding hydrogens is 434 g/mol. The van der Waals surface area contributed by atoms with Crippen LogP contribution in [-0.4, -0.2) is 58.3 Å². The summed E-state index contributed by atoms with van der Waals surface area (Å²) in [4.78, 5) is 15.3. The number of aromatic nitrogens is 3. The number of aryl methyl sites for hydroxylation is 1. The number of hydrogen-bond acceptors (Lipinski definition) is 6. The zero-order valence-corrected chi connectivity index (χ0v) is 20.7. The number of fused-ring (bicyclic) bond motifs is 2. The monoisotopic (exact) mass is 469 g/mol. The number of rotatable bonds is 7. The summed E-state index contributed by atoms with van der Waals surface area (Å²) in [5.41, 5.74) is 2.20. The van der Waals surface area contributed by atoms with Crippen LogP contribution < -0.4 is 10.2 Å². The first-order chi connectivity index (χ1) is 16.0. The minimum atomic E-state index is -0.254.